The van der Waals surface area contributed by atoms with Gasteiger partial charge in [-0.3, -0.25) is 4.90 Å². The van der Waals surface area contributed by atoms with Crippen molar-refractivity contribution in [2.24, 2.45) is 5.92 Å². The Morgan fingerprint density at radius 3 is 2.28 bits per heavy atom. The van der Waals surface area contributed by atoms with Gasteiger partial charge in [0.15, 0.2) is 0 Å². The molecule has 1 aliphatic heterocycles. The van der Waals surface area contributed by atoms with Crippen LogP contribution in [0, 0.1) is 5.92 Å². The predicted octanol–water partition coefficient (Wildman–Crippen LogP) is 0.411. The first-order valence-corrected chi connectivity index (χ1v) is 7.42. The Morgan fingerprint density at radius 2 is 1.72 bits per heavy atom. The smallest absolute Gasteiger partial charge is 0.0110 e. The van der Waals surface area contributed by atoms with Crippen molar-refractivity contribution < 1.29 is 0 Å². The summed E-state index contributed by atoms with van der Waals surface area (Å²) in [6.45, 7) is 15.4. The second-order valence-corrected chi connectivity index (χ2v) is 5.86. The summed E-state index contributed by atoms with van der Waals surface area (Å²) < 4.78 is 0. The van der Waals surface area contributed by atoms with Crippen LogP contribution in [0.5, 0.6) is 0 Å². The van der Waals surface area contributed by atoms with E-state index in [1.165, 1.54) is 45.8 Å². The molecule has 108 valence electrons. The molecule has 0 bridgehead atoms. The number of hydrogen-bond acceptors (Lipinski definition) is 4. The third-order valence-electron chi connectivity index (χ3n) is 3.64. The molecular formula is C14H32N4. The topological polar surface area (TPSA) is 21.8 Å². The Labute approximate surface area is 113 Å². The Hall–Kier alpha value is -0.160. The fraction of sp³-hybridized carbons (Fsp3) is 1.00. The second-order valence-electron chi connectivity index (χ2n) is 5.86. The first-order valence-electron chi connectivity index (χ1n) is 7.42. The van der Waals surface area contributed by atoms with Gasteiger partial charge >= 0.3 is 0 Å². The Bertz CT molecular complexity index is 200. The minimum absolute atomic E-state index is 0.762. The monoisotopic (exact) mass is 256 g/mol. The van der Waals surface area contributed by atoms with E-state index in [-0.39, 0.29) is 0 Å². The molecule has 18 heavy (non-hydrogen) atoms. The highest BCUT2D eigenvalue weighted by Crippen LogP contribution is 2.05. The molecule has 0 amide bonds. The summed E-state index contributed by atoms with van der Waals surface area (Å²) in [5.41, 5.74) is 0. The van der Waals surface area contributed by atoms with Crippen LogP contribution >= 0.6 is 0 Å². The third-order valence-corrected chi connectivity index (χ3v) is 3.64. The van der Waals surface area contributed by atoms with Crippen molar-refractivity contribution in [3.05, 3.63) is 0 Å². The SMILES string of the molecule is CCNCC(C)CN1CCN(CCN(C)C)CC1. The zero-order valence-electron chi connectivity index (χ0n) is 12.8. The number of hydrogen-bond donors (Lipinski definition) is 1. The van der Waals surface area contributed by atoms with Crippen LogP contribution in [0.15, 0.2) is 0 Å². The van der Waals surface area contributed by atoms with Crippen molar-refractivity contribution in [1.82, 2.24) is 20.0 Å². The average Bonchev–Trinajstić information content (AvgIpc) is 2.35. The highest BCUT2D eigenvalue weighted by Gasteiger charge is 2.17. The summed E-state index contributed by atoms with van der Waals surface area (Å²) in [6, 6.07) is 0. The van der Waals surface area contributed by atoms with Gasteiger partial charge in [0.1, 0.15) is 0 Å². The van der Waals surface area contributed by atoms with Crippen LogP contribution < -0.4 is 5.32 Å². The van der Waals surface area contributed by atoms with E-state index in [0.29, 0.717) is 0 Å². The first-order chi connectivity index (χ1) is 8.61. The van der Waals surface area contributed by atoms with E-state index in [1.807, 2.05) is 0 Å². The summed E-state index contributed by atoms with van der Waals surface area (Å²) in [7, 11) is 4.30. The van der Waals surface area contributed by atoms with Gasteiger partial charge in [0, 0.05) is 45.8 Å². The lowest BCUT2D eigenvalue weighted by atomic mass is 10.1. The van der Waals surface area contributed by atoms with E-state index in [2.05, 4.69) is 48.0 Å². The van der Waals surface area contributed by atoms with Gasteiger partial charge in [-0.1, -0.05) is 13.8 Å². The van der Waals surface area contributed by atoms with Crippen LogP contribution in [0.4, 0.5) is 0 Å². The molecule has 1 fully saturated rings. The highest BCUT2D eigenvalue weighted by atomic mass is 15.3. The van der Waals surface area contributed by atoms with Crippen LogP contribution in [0.2, 0.25) is 0 Å². The van der Waals surface area contributed by atoms with Crippen molar-refractivity contribution >= 4 is 0 Å². The Balaban J connectivity index is 2.11. The van der Waals surface area contributed by atoms with E-state index < -0.39 is 0 Å². The van der Waals surface area contributed by atoms with Gasteiger partial charge in [0.05, 0.1) is 0 Å². The van der Waals surface area contributed by atoms with E-state index >= 15 is 0 Å². The maximum atomic E-state index is 3.44. The zero-order chi connectivity index (χ0) is 13.4. The summed E-state index contributed by atoms with van der Waals surface area (Å²) >= 11 is 0. The molecule has 0 spiro atoms. The number of piperazine rings is 1. The maximum absolute atomic E-state index is 3.44. The minimum atomic E-state index is 0.762. The van der Waals surface area contributed by atoms with Crippen molar-refractivity contribution in [3.63, 3.8) is 0 Å². The maximum Gasteiger partial charge on any atom is 0.0110 e. The summed E-state index contributed by atoms with van der Waals surface area (Å²) in [5.74, 6) is 0.762. The number of likely N-dealkylation sites (N-methyl/N-ethyl adjacent to an activating group) is 1. The molecule has 1 rings (SSSR count). The van der Waals surface area contributed by atoms with Crippen LogP contribution in [0.1, 0.15) is 13.8 Å². The molecule has 1 N–H and O–H groups in total. The second kappa shape index (κ2) is 8.86. The molecule has 1 aliphatic rings. The van der Waals surface area contributed by atoms with Crippen molar-refractivity contribution in [2.75, 3.05) is 73.0 Å². The standard InChI is InChI=1S/C14H32N4/c1-5-15-12-14(2)13-18-10-8-17(9-11-18)7-6-16(3)4/h14-15H,5-13H2,1-4H3. The number of nitrogens with one attached hydrogen (secondary N) is 1. The predicted molar refractivity (Wildman–Crippen MR) is 79.1 cm³/mol. The minimum Gasteiger partial charge on any atom is -0.317 e. The molecule has 0 aliphatic carbocycles. The van der Waals surface area contributed by atoms with Gasteiger partial charge in [0.25, 0.3) is 0 Å². The Morgan fingerprint density at radius 1 is 1.11 bits per heavy atom. The normalized spacial score (nSPS) is 20.5. The first kappa shape index (κ1) is 15.9. The highest BCUT2D eigenvalue weighted by molar-refractivity contribution is 4.74. The summed E-state index contributed by atoms with van der Waals surface area (Å²) in [5, 5.41) is 3.44. The molecule has 1 unspecified atom stereocenters. The number of nitrogens with zero attached hydrogens (tertiary/aromatic N) is 3. The lowest BCUT2D eigenvalue weighted by molar-refractivity contribution is 0.114. The largest absolute Gasteiger partial charge is 0.317 e. The average molecular weight is 256 g/mol. The van der Waals surface area contributed by atoms with Crippen molar-refractivity contribution in [3.8, 4) is 0 Å². The molecule has 0 radical (unpaired) electrons. The lowest BCUT2D eigenvalue weighted by Gasteiger charge is -2.36. The van der Waals surface area contributed by atoms with Crippen LogP contribution in [-0.4, -0.2) is 87.7 Å². The molecule has 0 aromatic carbocycles. The van der Waals surface area contributed by atoms with Gasteiger partial charge < -0.3 is 15.1 Å². The molecule has 1 heterocycles. The molecule has 0 aromatic heterocycles. The molecule has 4 heteroatoms. The number of rotatable bonds is 8. The van der Waals surface area contributed by atoms with E-state index in [9.17, 15) is 0 Å². The van der Waals surface area contributed by atoms with Gasteiger partial charge in [-0.15, -0.1) is 0 Å². The molecular weight excluding hydrogens is 224 g/mol. The van der Waals surface area contributed by atoms with Gasteiger partial charge in [-0.2, -0.15) is 0 Å². The third kappa shape index (κ3) is 6.69. The zero-order valence-corrected chi connectivity index (χ0v) is 12.8. The van der Waals surface area contributed by atoms with Crippen LogP contribution in [0.25, 0.3) is 0 Å². The van der Waals surface area contributed by atoms with Crippen LogP contribution in [0.3, 0.4) is 0 Å². The van der Waals surface area contributed by atoms with Crippen molar-refractivity contribution in [1.29, 1.82) is 0 Å². The molecule has 0 aromatic rings. The van der Waals surface area contributed by atoms with Gasteiger partial charge in [0.2, 0.25) is 0 Å². The summed E-state index contributed by atoms with van der Waals surface area (Å²) in [4.78, 5) is 7.48. The van der Waals surface area contributed by atoms with E-state index in [0.717, 1.165) is 19.0 Å². The van der Waals surface area contributed by atoms with E-state index in [1.54, 1.807) is 0 Å². The molecule has 1 atom stereocenters. The van der Waals surface area contributed by atoms with Gasteiger partial charge in [-0.25, -0.2) is 0 Å². The lowest BCUT2D eigenvalue weighted by Crippen LogP contribution is -2.49. The van der Waals surface area contributed by atoms with Gasteiger partial charge in [-0.05, 0) is 33.1 Å². The quantitative estimate of drug-likeness (QED) is 0.679. The molecule has 4 nitrogen and oxygen atoms in total. The summed E-state index contributed by atoms with van der Waals surface area (Å²) in [6.07, 6.45) is 0. The Kier molecular flexibility index (Phi) is 7.82. The van der Waals surface area contributed by atoms with Crippen LogP contribution in [-0.2, 0) is 0 Å². The fourth-order valence-electron chi connectivity index (χ4n) is 2.43. The van der Waals surface area contributed by atoms with Crippen molar-refractivity contribution in [2.45, 2.75) is 13.8 Å². The molecule has 1 saturated heterocycles. The fourth-order valence-corrected chi connectivity index (χ4v) is 2.43. The molecule has 0 saturated carbocycles. The van der Waals surface area contributed by atoms with E-state index in [4.69, 9.17) is 0 Å².